The molecule has 2 amide bonds. The number of carboxylic acid groups (broad SMARTS) is 1. The summed E-state index contributed by atoms with van der Waals surface area (Å²) in [6.45, 7) is 5.51. The molecule has 0 unspecified atom stereocenters. The van der Waals surface area contributed by atoms with Gasteiger partial charge in [0.2, 0.25) is 5.91 Å². The third-order valence-electron chi connectivity index (χ3n) is 6.56. The number of hydrogen-bond acceptors (Lipinski definition) is 6. The minimum atomic E-state index is -5.08. The van der Waals surface area contributed by atoms with Gasteiger partial charge in [0.25, 0.3) is 5.91 Å². The lowest BCUT2D eigenvalue weighted by Crippen LogP contribution is -2.34. The summed E-state index contributed by atoms with van der Waals surface area (Å²) in [7, 11) is 0. The van der Waals surface area contributed by atoms with E-state index in [9.17, 15) is 27.6 Å². The number of aliphatic imine (C=N–C) groups is 1. The maximum absolute atomic E-state index is 13.1. The molecular formula is C30H33F3N4O5. The molecule has 0 aromatic heterocycles. The molecule has 4 rings (SSSR count). The predicted molar refractivity (Wildman–Crippen MR) is 153 cm³/mol. The number of carbonyl (C=O) groups is 4. The van der Waals surface area contributed by atoms with Crippen LogP contribution in [0.4, 0.5) is 24.5 Å². The van der Waals surface area contributed by atoms with Crippen LogP contribution in [0.5, 0.6) is 0 Å². The second-order valence-electron chi connectivity index (χ2n) is 9.92. The van der Waals surface area contributed by atoms with Gasteiger partial charge < -0.3 is 21.1 Å². The molecule has 0 saturated heterocycles. The number of hydrogen-bond donors (Lipinski definition) is 3. The molecule has 0 atom stereocenters. The van der Waals surface area contributed by atoms with Gasteiger partial charge in [-0.15, -0.1) is 0 Å². The summed E-state index contributed by atoms with van der Waals surface area (Å²) in [5, 5.41) is 10.0. The van der Waals surface area contributed by atoms with Crippen molar-refractivity contribution in [2.45, 2.75) is 58.5 Å². The predicted octanol–water partition coefficient (Wildman–Crippen LogP) is 5.52. The van der Waals surface area contributed by atoms with Gasteiger partial charge in [-0.25, -0.2) is 9.79 Å². The number of alkyl halides is 3. The Labute approximate surface area is 241 Å². The Morgan fingerprint density at radius 3 is 2.33 bits per heavy atom. The molecule has 1 aliphatic heterocycles. The Bertz CT molecular complexity index is 1430. The minimum absolute atomic E-state index is 0.0209. The van der Waals surface area contributed by atoms with Crippen LogP contribution < -0.4 is 11.1 Å². The van der Waals surface area contributed by atoms with Crippen LogP contribution in [-0.2, 0) is 16.0 Å². The number of nitrogens with two attached hydrogens (primary N) is 1. The van der Waals surface area contributed by atoms with E-state index in [1.54, 1.807) is 30.3 Å². The van der Waals surface area contributed by atoms with Crippen molar-refractivity contribution in [3.63, 3.8) is 0 Å². The number of fused-ring (bicyclic) bond motifs is 2. The molecule has 0 spiro atoms. The summed E-state index contributed by atoms with van der Waals surface area (Å²) in [6.07, 6.45) is 1.04. The molecule has 1 aliphatic carbocycles. The summed E-state index contributed by atoms with van der Waals surface area (Å²) < 4.78 is 31.7. The van der Waals surface area contributed by atoms with Crippen LogP contribution in [0, 0.1) is 0 Å². The molecule has 2 aliphatic rings. The summed E-state index contributed by atoms with van der Waals surface area (Å²) in [4.78, 5) is 53.4. The Kier molecular flexibility index (Phi) is 10.6. The van der Waals surface area contributed by atoms with E-state index in [2.05, 4.69) is 24.2 Å². The number of anilines is 1. The van der Waals surface area contributed by atoms with Crippen molar-refractivity contribution >= 4 is 46.9 Å². The fourth-order valence-corrected chi connectivity index (χ4v) is 4.65. The van der Waals surface area contributed by atoms with Gasteiger partial charge in [0.15, 0.2) is 5.78 Å². The number of amides is 2. The van der Waals surface area contributed by atoms with Crippen molar-refractivity contribution in [3.8, 4) is 0 Å². The van der Waals surface area contributed by atoms with E-state index in [0.29, 0.717) is 47.9 Å². The lowest BCUT2D eigenvalue weighted by molar-refractivity contribution is -0.192. The molecule has 0 saturated carbocycles. The number of carboxylic acids is 1. The summed E-state index contributed by atoms with van der Waals surface area (Å²) >= 11 is 0. The summed E-state index contributed by atoms with van der Waals surface area (Å²) in [5.41, 5.74) is 10.9. The molecule has 224 valence electrons. The lowest BCUT2D eigenvalue weighted by Gasteiger charge is -2.22. The Morgan fingerprint density at radius 2 is 1.71 bits per heavy atom. The van der Waals surface area contributed by atoms with Crippen LogP contribution in [0.25, 0.3) is 6.08 Å². The number of aliphatic carboxylic acids is 1. The minimum Gasteiger partial charge on any atom is -0.475 e. The van der Waals surface area contributed by atoms with Crippen LogP contribution in [0.2, 0.25) is 0 Å². The highest BCUT2D eigenvalue weighted by atomic mass is 19.4. The maximum Gasteiger partial charge on any atom is 0.490 e. The summed E-state index contributed by atoms with van der Waals surface area (Å²) in [5.74, 6) is -2.55. The first-order valence-corrected chi connectivity index (χ1v) is 13.6. The van der Waals surface area contributed by atoms with Gasteiger partial charge in [-0.2, -0.15) is 13.2 Å². The zero-order valence-corrected chi connectivity index (χ0v) is 23.4. The second-order valence-corrected chi connectivity index (χ2v) is 9.92. The number of nitrogens with one attached hydrogen (secondary N) is 1. The van der Waals surface area contributed by atoms with Crippen LogP contribution in [0.15, 0.2) is 47.0 Å². The summed E-state index contributed by atoms with van der Waals surface area (Å²) in [6, 6.07) is 10.6. The maximum atomic E-state index is 13.1. The molecule has 9 nitrogen and oxygen atoms in total. The zero-order valence-electron chi connectivity index (χ0n) is 23.4. The van der Waals surface area contributed by atoms with E-state index in [1.165, 1.54) is 0 Å². The number of benzene rings is 2. The van der Waals surface area contributed by atoms with Gasteiger partial charge in [0.1, 0.15) is 5.84 Å². The fraction of sp³-hybridized carbons (Fsp3) is 0.367. The molecule has 1 heterocycles. The zero-order chi connectivity index (χ0) is 31.0. The van der Waals surface area contributed by atoms with Gasteiger partial charge in [-0.05, 0) is 67.7 Å². The highest BCUT2D eigenvalue weighted by Crippen LogP contribution is 2.29. The van der Waals surface area contributed by atoms with Crippen molar-refractivity contribution in [2.24, 2.45) is 10.7 Å². The molecule has 2 aromatic carbocycles. The van der Waals surface area contributed by atoms with E-state index >= 15 is 0 Å². The average Bonchev–Trinajstić information content (AvgIpc) is 3.09. The molecule has 12 heteroatoms. The normalized spacial score (nSPS) is 14.2. The van der Waals surface area contributed by atoms with Gasteiger partial charge in [0, 0.05) is 53.9 Å². The quantitative estimate of drug-likeness (QED) is 0.390. The average molecular weight is 587 g/mol. The van der Waals surface area contributed by atoms with Gasteiger partial charge in [-0.3, -0.25) is 14.4 Å². The topological polar surface area (TPSA) is 142 Å². The molecule has 0 fully saturated rings. The van der Waals surface area contributed by atoms with Gasteiger partial charge in [0.05, 0.1) is 5.69 Å². The molecule has 0 radical (unpaired) electrons. The highest BCUT2D eigenvalue weighted by molar-refractivity contribution is 6.08. The number of ketones is 1. The van der Waals surface area contributed by atoms with E-state index in [4.69, 9.17) is 15.6 Å². The van der Waals surface area contributed by atoms with Gasteiger partial charge in [-0.1, -0.05) is 19.9 Å². The van der Waals surface area contributed by atoms with Crippen LogP contribution >= 0.6 is 0 Å². The highest BCUT2D eigenvalue weighted by Gasteiger charge is 2.38. The molecule has 4 N–H and O–H groups in total. The van der Waals surface area contributed by atoms with Crippen molar-refractivity contribution in [3.05, 3.63) is 64.2 Å². The molecular weight excluding hydrogens is 553 g/mol. The lowest BCUT2D eigenvalue weighted by atomic mass is 9.90. The van der Waals surface area contributed by atoms with Crippen molar-refractivity contribution < 1.29 is 37.5 Å². The van der Waals surface area contributed by atoms with Crippen molar-refractivity contribution in [2.75, 3.05) is 18.4 Å². The van der Waals surface area contributed by atoms with E-state index in [-0.39, 0.29) is 24.0 Å². The smallest absolute Gasteiger partial charge is 0.475 e. The number of aryl methyl sites for hydroxylation is 1. The molecule has 42 heavy (non-hydrogen) atoms. The first-order valence-electron chi connectivity index (χ1n) is 13.6. The third-order valence-corrected chi connectivity index (χ3v) is 6.56. The molecule has 2 aromatic rings. The van der Waals surface area contributed by atoms with Crippen molar-refractivity contribution in [1.29, 1.82) is 0 Å². The first-order chi connectivity index (χ1) is 19.8. The third kappa shape index (κ3) is 8.27. The second kappa shape index (κ2) is 13.9. The van der Waals surface area contributed by atoms with Crippen LogP contribution in [0.1, 0.15) is 77.8 Å². The Hall–Kier alpha value is -4.48. The number of rotatable bonds is 7. The number of amidine groups is 1. The number of carbonyl (C=O) groups excluding carboxylic acids is 3. The van der Waals surface area contributed by atoms with Gasteiger partial charge >= 0.3 is 12.1 Å². The largest absolute Gasteiger partial charge is 0.490 e. The number of nitrogens with zero attached hydrogens (tertiary/aromatic N) is 2. The van der Waals surface area contributed by atoms with Crippen LogP contribution in [0.3, 0.4) is 0 Å². The Balaban J connectivity index is 0.000000616. The number of halogens is 3. The van der Waals surface area contributed by atoms with Crippen molar-refractivity contribution in [1.82, 2.24) is 4.90 Å². The monoisotopic (exact) mass is 586 g/mol. The van der Waals surface area contributed by atoms with E-state index in [1.807, 2.05) is 17.0 Å². The Morgan fingerprint density at radius 1 is 1.05 bits per heavy atom. The molecule has 0 bridgehead atoms. The van der Waals surface area contributed by atoms with E-state index in [0.717, 1.165) is 42.4 Å². The number of Topliss-reactive ketones (excluding diaryl/α,β-unsaturated/α-hetero) is 1. The fourth-order valence-electron chi connectivity index (χ4n) is 4.65. The van der Waals surface area contributed by atoms with Crippen LogP contribution in [-0.4, -0.2) is 58.7 Å². The standard InChI is InChI=1S/C28H32N4O3.C2HF3O2/c1-3-12-32(13-4-2)28(35)21-14-19-8-9-20(16-24(19)31-26(29)17-21)27(34)30-22-10-11-23-18(15-22)6-5-7-25(23)33;3-2(4,5)1(6)7/h8-11,14-16H,3-7,12-13,17H2,1-2H3,(H2,29,31)(H,30,34);(H,6,7). The first kappa shape index (κ1) is 32.0. The SMILES string of the molecule is CCCN(CCC)C(=O)C1=Cc2ccc(C(=O)Nc3ccc4c(c3)CCCC4=O)cc2N=C(N)C1.O=C(O)C(F)(F)F. The van der Waals surface area contributed by atoms with E-state index < -0.39 is 12.1 Å².